The third kappa shape index (κ3) is 6.05. The van der Waals surface area contributed by atoms with Crippen LogP contribution in [0.2, 0.25) is 0 Å². The fourth-order valence-corrected chi connectivity index (χ4v) is 2.71. The molecule has 0 bridgehead atoms. The lowest BCUT2D eigenvalue weighted by Gasteiger charge is -2.02. The molecular formula is C19H29N3O. The van der Waals surface area contributed by atoms with E-state index in [0.29, 0.717) is 0 Å². The molecule has 0 amide bonds. The summed E-state index contributed by atoms with van der Waals surface area (Å²) in [6, 6.07) is 7.94. The number of unbranched alkanes of at least 4 members (excludes halogenated alkanes) is 7. The topological polar surface area (TPSA) is 39.9 Å². The Morgan fingerprint density at radius 1 is 0.913 bits per heavy atom. The highest BCUT2D eigenvalue weighted by molar-refractivity contribution is 5.58. The van der Waals surface area contributed by atoms with E-state index in [0.717, 1.165) is 23.6 Å². The Kier molecular flexibility index (Phi) is 7.64. The first kappa shape index (κ1) is 17.5. The maximum absolute atomic E-state index is 5.18. The second kappa shape index (κ2) is 10.0. The molecule has 0 atom stereocenters. The van der Waals surface area contributed by atoms with Gasteiger partial charge in [-0.2, -0.15) is 0 Å². The van der Waals surface area contributed by atoms with E-state index in [4.69, 9.17) is 4.74 Å². The number of aryl methyl sites for hydroxylation is 1. The highest BCUT2D eigenvalue weighted by Gasteiger charge is 2.04. The van der Waals surface area contributed by atoms with E-state index < -0.39 is 0 Å². The van der Waals surface area contributed by atoms with Crippen LogP contribution in [0.1, 0.15) is 58.3 Å². The Morgan fingerprint density at radius 3 is 2.22 bits per heavy atom. The maximum atomic E-state index is 5.18. The molecule has 2 aromatic rings. The molecule has 0 unspecified atom stereocenters. The van der Waals surface area contributed by atoms with Crippen LogP contribution in [-0.2, 0) is 6.54 Å². The lowest BCUT2D eigenvalue weighted by atomic mass is 10.1. The number of hydrogen-bond acceptors (Lipinski definition) is 3. The zero-order valence-electron chi connectivity index (χ0n) is 14.5. The summed E-state index contributed by atoms with van der Waals surface area (Å²) in [5.74, 6) is 0.861. The van der Waals surface area contributed by atoms with E-state index in [-0.39, 0.29) is 0 Å². The Bertz CT molecular complexity index is 548. The van der Waals surface area contributed by atoms with Gasteiger partial charge in [-0.05, 0) is 30.7 Å². The quantitative estimate of drug-likeness (QED) is 0.542. The molecule has 2 rings (SSSR count). The van der Waals surface area contributed by atoms with Crippen LogP contribution in [0, 0.1) is 0 Å². The van der Waals surface area contributed by atoms with E-state index >= 15 is 0 Å². The van der Waals surface area contributed by atoms with Crippen molar-refractivity contribution in [1.29, 1.82) is 0 Å². The molecular weight excluding hydrogens is 286 g/mol. The monoisotopic (exact) mass is 315 g/mol. The predicted octanol–water partition coefficient (Wildman–Crippen LogP) is 5.09. The summed E-state index contributed by atoms with van der Waals surface area (Å²) < 4.78 is 7.13. The fraction of sp³-hybridized carbons (Fsp3) is 0.579. The van der Waals surface area contributed by atoms with Gasteiger partial charge in [0, 0.05) is 12.1 Å². The molecule has 126 valence electrons. The molecule has 1 aromatic heterocycles. The van der Waals surface area contributed by atoms with Crippen molar-refractivity contribution in [1.82, 2.24) is 15.0 Å². The molecule has 0 aliphatic rings. The first-order valence-corrected chi connectivity index (χ1v) is 8.88. The molecule has 0 fully saturated rings. The van der Waals surface area contributed by atoms with Crippen LogP contribution in [0.25, 0.3) is 11.3 Å². The van der Waals surface area contributed by atoms with E-state index in [9.17, 15) is 0 Å². The molecule has 4 nitrogen and oxygen atoms in total. The van der Waals surface area contributed by atoms with Crippen LogP contribution in [0.4, 0.5) is 0 Å². The first-order chi connectivity index (χ1) is 11.3. The molecule has 0 aliphatic heterocycles. The highest BCUT2D eigenvalue weighted by Crippen LogP contribution is 2.20. The smallest absolute Gasteiger partial charge is 0.118 e. The molecule has 4 heteroatoms. The summed E-state index contributed by atoms with van der Waals surface area (Å²) in [4.78, 5) is 0. The summed E-state index contributed by atoms with van der Waals surface area (Å²) >= 11 is 0. The molecule has 23 heavy (non-hydrogen) atoms. The zero-order chi connectivity index (χ0) is 16.3. The molecule has 1 aromatic carbocycles. The highest BCUT2D eigenvalue weighted by atomic mass is 16.5. The van der Waals surface area contributed by atoms with Gasteiger partial charge in [0.25, 0.3) is 0 Å². The van der Waals surface area contributed by atoms with Crippen molar-refractivity contribution in [3.05, 3.63) is 30.5 Å². The number of ether oxygens (including phenoxy) is 1. The normalized spacial score (nSPS) is 10.9. The van der Waals surface area contributed by atoms with Crippen LogP contribution in [0.15, 0.2) is 30.5 Å². The van der Waals surface area contributed by atoms with Crippen molar-refractivity contribution >= 4 is 0 Å². The van der Waals surface area contributed by atoms with E-state index in [2.05, 4.69) is 17.2 Å². The minimum Gasteiger partial charge on any atom is -0.497 e. The number of aromatic nitrogens is 3. The number of methoxy groups -OCH3 is 1. The third-order valence-corrected chi connectivity index (χ3v) is 4.17. The van der Waals surface area contributed by atoms with Crippen molar-refractivity contribution in [2.45, 2.75) is 64.8 Å². The average molecular weight is 315 g/mol. The van der Waals surface area contributed by atoms with E-state index in [1.54, 1.807) is 7.11 Å². The molecule has 0 N–H and O–H groups in total. The van der Waals surface area contributed by atoms with Crippen LogP contribution in [-0.4, -0.2) is 22.1 Å². The van der Waals surface area contributed by atoms with Crippen molar-refractivity contribution in [3.63, 3.8) is 0 Å². The summed E-state index contributed by atoms with van der Waals surface area (Å²) in [5, 5.41) is 8.49. The average Bonchev–Trinajstić information content (AvgIpc) is 3.06. The first-order valence-electron chi connectivity index (χ1n) is 8.88. The van der Waals surface area contributed by atoms with Crippen molar-refractivity contribution in [2.24, 2.45) is 0 Å². The van der Waals surface area contributed by atoms with Gasteiger partial charge in [-0.25, -0.2) is 0 Å². The number of nitrogens with zero attached hydrogens (tertiary/aromatic N) is 3. The zero-order valence-corrected chi connectivity index (χ0v) is 14.5. The van der Waals surface area contributed by atoms with E-state index in [1.165, 1.54) is 51.4 Å². The van der Waals surface area contributed by atoms with Crippen LogP contribution >= 0.6 is 0 Å². The molecule has 1 heterocycles. The van der Waals surface area contributed by atoms with Crippen LogP contribution in [0.5, 0.6) is 5.75 Å². The van der Waals surface area contributed by atoms with Crippen LogP contribution in [0.3, 0.4) is 0 Å². The molecule has 0 saturated carbocycles. The second-order valence-corrected chi connectivity index (χ2v) is 6.07. The van der Waals surface area contributed by atoms with Gasteiger partial charge in [0.15, 0.2) is 0 Å². The Morgan fingerprint density at radius 2 is 1.57 bits per heavy atom. The molecule has 0 aliphatic carbocycles. The van der Waals surface area contributed by atoms with Gasteiger partial charge in [0.05, 0.1) is 13.3 Å². The van der Waals surface area contributed by atoms with Gasteiger partial charge in [-0.15, -0.1) is 5.10 Å². The lowest BCUT2D eigenvalue weighted by molar-refractivity contribution is 0.415. The summed E-state index contributed by atoms with van der Waals surface area (Å²) in [5.41, 5.74) is 2.00. The van der Waals surface area contributed by atoms with Gasteiger partial charge in [-0.3, -0.25) is 4.68 Å². The van der Waals surface area contributed by atoms with Gasteiger partial charge in [-0.1, -0.05) is 57.1 Å². The van der Waals surface area contributed by atoms with Gasteiger partial charge in [0.2, 0.25) is 0 Å². The van der Waals surface area contributed by atoms with Crippen LogP contribution < -0.4 is 4.74 Å². The number of rotatable bonds is 11. The second-order valence-electron chi connectivity index (χ2n) is 6.07. The minimum atomic E-state index is 0.861. The van der Waals surface area contributed by atoms with Crippen molar-refractivity contribution in [2.75, 3.05) is 7.11 Å². The summed E-state index contributed by atoms with van der Waals surface area (Å²) in [7, 11) is 1.68. The predicted molar refractivity (Wildman–Crippen MR) is 94.6 cm³/mol. The largest absolute Gasteiger partial charge is 0.497 e. The third-order valence-electron chi connectivity index (χ3n) is 4.17. The summed E-state index contributed by atoms with van der Waals surface area (Å²) in [6.07, 6.45) is 12.7. The fourth-order valence-electron chi connectivity index (χ4n) is 2.71. The van der Waals surface area contributed by atoms with Gasteiger partial charge < -0.3 is 4.74 Å². The van der Waals surface area contributed by atoms with Crippen molar-refractivity contribution < 1.29 is 4.74 Å². The molecule has 0 radical (unpaired) electrons. The maximum Gasteiger partial charge on any atom is 0.118 e. The molecule has 0 saturated heterocycles. The van der Waals surface area contributed by atoms with Gasteiger partial charge >= 0.3 is 0 Å². The summed E-state index contributed by atoms with van der Waals surface area (Å²) in [6.45, 7) is 3.22. The Balaban J connectivity index is 1.68. The van der Waals surface area contributed by atoms with E-state index in [1.807, 2.05) is 35.1 Å². The SMILES string of the molecule is CCCCCCCCCCn1cc(-c2ccc(OC)cc2)nn1. The Labute approximate surface area is 139 Å². The minimum absolute atomic E-state index is 0.861. The molecule has 0 spiro atoms. The number of hydrogen-bond donors (Lipinski definition) is 0. The van der Waals surface area contributed by atoms with Gasteiger partial charge in [0.1, 0.15) is 11.4 Å². The van der Waals surface area contributed by atoms with Crippen molar-refractivity contribution in [3.8, 4) is 17.0 Å². The number of benzene rings is 1. The lowest BCUT2D eigenvalue weighted by Crippen LogP contribution is -1.98. The standard InChI is InChI=1S/C19H29N3O/c1-3-4-5-6-7-8-9-10-15-22-16-19(20-21-22)17-11-13-18(23-2)14-12-17/h11-14,16H,3-10,15H2,1-2H3. The Hall–Kier alpha value is -1.84.